The van der Waals surface area contributed by atoms with Crippen molar-refractivity contribution in [3.63, 3.8) is 0 Å². The minimum Gasteiger partial charge on any atom is -0.336 e. The molecule has 5 heteroatoms. The van der Waals surface area contributed by atoms with E-state index in [0.29, 0.717) is 17.5 Å². The van der Waals surface area contributed by atoms with Gasteiger partial charge in [0.1, 0.15) is 5.65 Å². The van der Waals surface area contributed by atoms with Gasteiger partial charge in [-0.25, -0.2) is 4.98 Å². The number of hydrogen-bond acceptors (Lipinski definition) is 3. The highest BCUT2D eigenvalue weighted by atomic mass is 16.2. The predicted molar refractivity (Wildman–Crippen MR) is 96.1 cm³/mol. The van der Waals surface area contributed by atoms with E-state index in [2.05, 4.69) is 14.9 Å². The SMILES string of the molecule is Cn1ccc2c(-c3ncccc3C(=O)N3C[C@H]4CC[C@@H]3C4)ccnc21. The van der Waals surface area contributed by atoms with Crippen LogP contribution in [0.25, 0.3) is 22.3 Å². The van der Waals surface area contributed by atoms with Crippen molar-refractivity contribution in [2.24, 2.45) is 13.0 Å². The molecule has 1 aliphatic heterocycles. The molecule has 3 aromatic heterocycles. The van der Waals surface area contributed by atoms with Gasteiger partial charge < -0.3 is 9.47 Å². The maximum atomic E-state index is 13.2. The van der Waals surface area contributed by atoms with Crippen molar-refractivity contribution in [3.8, 4) is 11.3 Å². The number of nitrogens with zero attached hydrogens (tertiary/aromatic N) is 4. The fourth-order valence-corrected chi connectivity index (χ4v) is 4.49. The maximum absolute atomic E-state index is 13.2. The van der Waals surface area contributed by atoms with Crippen LogP contribution in [0.4, 0.5) is 0 Å². The highest BCUT2D eigenvalue weighted by Gasteiger charge is 2.41. The molecular formula is C20H20N4O. The second kappa shape index (κ2) is 5.41. The molecule has 2 atom stereocenters. The van der Waals surface area contributed by atoms with Crippen LogP contribution in [-0.4, -0.2) is 37.9 Å². The zero-order valence-corrected chi connectivity index (χ0v) is 14.2. The lowest BCUT2D eigenvalue weighted by molar-refractivity contribution is 0.0704. The van der Waals surface area contributed by atoms with Gasteiger partial charge in [-0.2, -0.15) is 0 Å². The fraction of sp³-hybridized carbons (Fsp3) is 0.350. The number of rotatable bonds is 2. The van der Waals surface area contributed by atoms with Crippen LogP contribution in [0, 0.1) is 5.92 Å². The van der Waals surface area contributed by atoms with E-state index in [4.69, 9.17) is 0 Å². The number of piperidine rings is 1. The van der Waals surface area contributed by atoms with Crippen molar-refractivity contribution < 1.29 is 4.79 Å². The molecule has 0 unspecified atom stereocenters. The molecule has 1 saturated heterocycles. The lowest BCUT2D eigenvalue weighted by Crippen LogP contribution is -2.37. The third kappa shape index (κ3) is 2.18. The summed E-state index contributed by atoms with van der Waals surface area (Å²) in [6, 6.07) is 8.18. The topological polar surface area (TPSA) is 51.0 Å². The molecule has 5 rings (SSSR count). The highest BCUT2D eigenvalue weighted by Crippen LogP contribution is 2.39. The molecule has 1 saturated carbocycles. The van der Waals surface area contributed by atoms with Gasteiger partial charge >= 0.3 is 0 Å². The largest absolute Gasteiger partial charge is 0.336 e. The molecule has 2 bridgehead atoms. The zero-order valence-electron chi connectivity index (χ0n) is 14.2. The number of aromatic nitrogens is 3. The van der Waals surface area contributed by atoms with Crippen LogP contribution in [0.3, 0.4) is 0 Å². The Balaban J connectivity index is 1.62. The van der Waals surface area contributed by atoms with Gasteiger partial charge in [0.25, 0.3) is 5.91 Å². The summed E-state index contributed by atoms with van der Waals surface area (Å²) < 4.78 is 1.99. The number of aryl methyl sites for hydroxylation is 1. The molecule has 2 aliphatic rings. The predicted octanol–water partition coefficient (Wildman–Crippen LogP) is 3.26. The minimum absolute atomic E-state index is 0.121. The van der Waals surface area contributed by atoms with E-state index >= 15 is 0 Å². The van der Waals surface area contributed by atoms with Crippen LogP contribution in [0.15, 0.2) is 42.9 Å². The summed E-state index contributed by atoms with van der Waals surface area (Å²) >= 11 is 0. The van der Waals surface area contributed by atoms with Gasteiger partial charge in [-0.1, -0.05) is 0 Å². The lowest BCUT2D eigenvalue weighted by atomic mass is 10.0. The number of fused-ring (bicyclic) bond motifs is 3. The maximum Gasteiger partial charge on any atom is 0.256 e. The van der Waals surface area contributed by atoms with Crippen LogP contribution < -0.4 is 0 Å². The van der Waals surface area contributed by atoms with Crippen molar-refractivity contribution in [2.45, 2.75) is 25.3 Å². The Labute approximate surface area is 146 Å². The molecule has 0 N–H and O–H groups in total. The van der Waals surface area contributed by atoms with Crippen molar-refractivity contribution in [1.29, 1.82) is 0 Å². The molecule has 4 heterocycles. The van der Waals surface area contributed by atoms with E-state index in [-0.39, 0.29) is 5.91 Å². The van der Waals surface area contributed by atoms with Gasteiger partial charge in [0.15, 0.2) is 0 Å². The highest BCUT2D eigenvalue weighted by molar-refractivity contribution is 6.04. The fourth-order valence-electron chi connectivity index (χ4n) is 4.49. The van der Waals surface area contributed by atoms with Crippen molar-refractivity contribution in [3.05, 3.63) is 48.4 Å². The Bertz CT molecular complexity index is 977. The van der Waals surface area contributed by atoms with Crippen molar-refractivity contribution in [1.82, 2.24) is 19.4 Å². The Kier molecular flexibility index (Phi) is 3.17. The molecular weight excluding hydrogens is 312 g/mol. The van der Waals surface area contributed by atoms with Gasteiger partial charge in [-0.3, -0.25) is 9.78 Å². The molecule has 1 aliphatic carbocycles. The van der Waals surface area contributed by atoms with Crippen molar-refractivity contribution >= 4 is 16.9 Å². The second-order valence-corrected chi connectivity index (χ2v) is 7.21. The zero-order chi connectivity index (χ0) is 17.0. The first kappa shape index (κ1) is 14.6. The summed E-state index contributed by atoms with van der Waals surface area (Å²) in [7, 11) is 1.98. The Morgan fingerprint density at radius 2 is 2.08 bits per heavy atom. The van der Waals surface area contributed by atoms with Crippen molar-refractivity contribution in [2.75, 3.05) is 6.54 Å². The summed E-state index contributed by atoms with van der Waals surface area (Å²) in [4.78, 5) is 24.3. The van der Waals surface area contributed by atoms with Gasteiger partial charge in [-0.15, -0.1) is 0 Å². The van der Waals surface area contributed by atoms with E-state index < -0.39 is 0 Å². The van der Waals surface area contributed by atoms with E-state index in [1.54, 1.807) is 12.4 Å². The average molecular weight is 332 g/mol. The number of likely N-dealkylation sites (tertiary alicyclic amines) is 1. The normalized spacial score (nSPS) is 22.0. The van der Waals surface area contributed by atoms with E-state index in [9.17, 15) is 4.79 Å². The quantitative estimate of drug-likeness (QED) is 0.724. The monoisotopic (exact) mass is 332 g/mol. The smallest absolute Gasteiger partial charge is 0.256 e. The Morgan fingerprint density at radius 3 is 2.88 bits per heavy atom. The summed E-state index contributed by atoms with van der Waals surface area (Å²) in [5.74, 6) is 0.812. The van der Waals surface area contributed by atoms with E-state index in [1.165, 1.54) is 12.8 Å². The van der Waals surface area contributed by atoms with Crippen LogP contribution in [0.5, 0.6) is 0 Å². The van der Waals surface area contributed by atoms with E-state index in [0.717, 1.165) is 35.3 Å². The molecule has 0 radical (unpaired) electrons. The second-order valence-electron chi connectivity index (χ2n) is 7.21. The summed E-state index contributed by atoms with van der Waals surface area (Å²) in [5, 5.41) is 1.03. The summed E-state index contributed by atoms with van der Waals surface area (Å²) in [5.41, 5.74) is 3.33. The lowest BCUT2D eigenvalue weighted by Gasteiger charge is -2.27. The first-order valence-corrected chi connectivity index (χ1v) is 8.89. The summed E-state index contributed by atoms with van der Waals surface area (Å²) in [6.45, 7) is 0.898. The first-order valence-electron chi connectivity index (χ1n) is 8.89. The molecule has 3 aromatic rings. The molecule has 0 spiro atoms. The first-order chi connectivity index (χ1) is 12.2. The molecule has 126 valence electrons. The average Bonchev–Trinajstić information content (AvgIpc) is 3.37. The van der Waals surface area contributed by atoms with Crippen LogP contribution >= 0.6 is 0 Å². The van der Waals surface area contributed by atoms with E-state index in [1.807, 2.05) is 42.1 Å². The van der Waals surface area contributed by atoms with Crippen LogP contribution in [0.2, 0.25) is 0 Å². The number of carbonyl (C=O) groups excluding carboxylic acids is 1. The Morgan fingerprint density at radius 1 is 1.16 bits per heavy atom. The minimum atomic E-state index is 0.121. The van der Waals surface area contributed by atoms with Gasteiger partial charge in [-0.05, 0) is 49.4 Å². The standard InChI is InChI=1S/C20H20N4O/c1-23-10-7-16-15(6-9-22-19(16)23)18-17(3-2-8-21-18)20(25)24-12-13-4-5-14(24)11-13/h2-3,6-10,13-14H,4-5,11-12H2,1H3/t13-,14+/m0/s1. The van der Waals surface area contributed by atoms with Crippen LogP contribution in [0.1, 0.15) is 29.6 Å². The number of amides is 1. The third-order valence-corrected chi connectivity index (χ3v) is 5.73. The van der Waals surface area contributed by atoms with Gasteiger partial charge in [0, 0.05) is 49.2 Å². The number of pyridine rings is 2. The molecule has 5 nitrogen and oxygen atoms in total. The Hall–Kier alpha value is -2.69. The van der Waals surface area contributed by atoms with Gasteiger partial charge in [0.2, 0.25) is 0 Å². The number of carbonyl (C=O) groups is 1. The molecule has 0 aromatic carbocycles. The number of hydrogen-bond donors (Lipinski definition) is 0. The summed E-state index contributed by atoms with van der Waals surface area (Å²) in [6.07, 6.45) is 9.12. The van der Waals surface area contributed by atoms with Gasteiger partial charge in [0.05, 0.1) is 11.3 Å². The molecule has 2 fully saturated rings. The molecule has 1 amide bonds. The third-order valence-electron chi connectivity index (χ3n) is 5.73. The van der Waals surface area contributed by atoms with Crippen LogP contribution in [-0.2, 0) is 7.05 Å². The molecule has 25 heavy (non-hydrogen) atoms.